The Morgan fingerprint density at radius 2 is 0.882 bits per heavy atom. The second-order valence-electron chi connectivity index (χ2n) is 15.8. The number of aliphatic hydroxyl groups is 1. The van der Waals surface area contributed by atoms with Crippen LogP contribution in [0.25, 0.3) is 0 Å². The van der Waals surface area contributed by atoms with Crippen LogP contribution < -0.4 is 0 Å². The number of nitrogens with zero attached hydrogens (tertiary/aromatic N) is 1. The number of hydrogen-bond donors (Lipinski definition) is 1. The lowest BCUT2D eigenvalue weighted by atomic mass is 10.0. The van der Waals surface area contributed by atoms with Gasteiger partial charge >= 0.3 is 11.9 Å². The van der Waals surface area contributed by atoms with Gasteiger partial charge in [0.1, 0.15) is 6.10 Å². The molecule has 0 saturated carbocycles. The first-order chi connectivity index (χ1) is 25.0. The molecule has 0 bridgehead atoms. The van der Waals surface area contributed by atoms with E-state index < -0.39 is 0 Å². The summed E-state index contributed by atoms with van der Waals surface area (Å²) < 4.78 is 11.6. The molecule has 0 aromatic rings. The second kappa shape index (κ2) is 40.1. The van der Waals surface area contributed by atoms with Gasteiger partial charge in [-0.25, -0.2) is 0 Å². The fourth-order valence-electron chi connectivity index (χ4n) is 7.05. The molecule has 0 aromatic heterocycles. The van der Waals surface area contributed by atoms with E-state index in [1.807, 2.05) is 0 Å². The zero-order valence-corrected chi connectivity index (χ0v) is 34.8. The number of rotatable bonds is 41. The fourth-order valence-corrected chi connectivity index (χ4v) is 7.05. The van der Waals surface area contributed by atoms with Crippen molar-refractivity contribution in [2.75, 3.05) is 32.8 Å². The predicted molar refractivity (Wildman–Crippen MR) is 218 cm³/mol. The fraction of sp³-hybridized carbons (Fsp3) is 0.956. The predicted octanol–water partition coefficient (Wildman–Crippen LogP) is 12.9. The Morgan fingerprint density at radius 3 is 1.37 bits per heavy atom. The maximum atomic E-state index is 12.7. The van der Waals surface area contributed by atoms with Crippen molar-refractivity contribution in [3.05, 3.63) is 0 Å². The highest BCUT2D eigenvalue weighted by Crippen LogP contribution is 2.19. The van der Waals surface area contributed by atoms with E-state index in [0.717, 1.165) is 90.3 Å². The molecule has 6 heteroatoms. The lowest BCUT2D eigenvalue weighted by molar-refractivity contribution is -0.150. The molecule has 0 spiro atoms. The van der Waals surface area contributed by atoms with Gasteiger partial charge in [0.25, 0.3) is 0 Å². The Bertz CT molecular complexity index is 715. The van der Waals surface area contributed by atoms with Crippen molar-refractivity contribution in [3.8, 4) is 0 Å². The van der Waals surface area contributed by atoms with Crippen molar-refractivity contribution >= 4 is 11.9 Å². The van der Waals surface area contributed by atoms with Gasteiger partial charge in [0.15, 0.2) is 0 Å². The van der Waals surface area contributed by atoms with Crippen molar-refractivity contribution in [1.29, 1.82) is 0 Å². The smallest absolute Gasteiger partial charge is 0.306 e. The largest absolute Gasteiger partial charge is 0.465 e. The third-order valence-electron chi connectivity index (χ3n) is 10.5. The van der Waals surface area contributed by atoms with Crippen LogP contribution in [0.5, 0.6) is 0 Å². The van der Waals surface area contributed by atoms with E-state index in [1.54, 1.807) is 0 Å². The highest BCUT2D eigenvalue weighted by atomic mass is 16.5. The van der Waals surface area contributed by atoms with E-state index in [2.05, 4.69) is 32.6 Å². The Morgan fingerprint density at radius 1 is 0.490 bits per heavy atom. The van der Waals surface area contributed by atoms with Crippen LogP contribution >= 0.6 is 0 Å². The van der Waals surface area contributed by atoms with Crippen LogP contribution in [0, 0.1) is 5.92 Å². The lowest BCUT2D eigenvalue weighted by Crippen LogP contribution is -2.29. The SMILES string of the molecule is CCCCCCCCCC(=O)OCC(C)CCCCCN(CCO)CCCCCCCC(=O)OC(CCCCCCCC)CCCCCCCC. The maximum Gasteiger partial charge on any atom is 0.306 e. The minimum absolute atomic E-state index is 0.0142. The third-order valence-corrected chi connectivity index (χ3v) is 10.5. The molecule has 1 atom stereocenters. The normalized spacial score (nSPS) is 12.2. The zero-order valence-electron chi connectivity index (χ0n) is 34.8. The van der Waals surface area contributed by atoms with Gasteiger partial charge in [-0.3, -0.25) is 9.59 Å². The summed E-state index contributed by atoms with van der Waals surface area (Å²) in [7, 11) is 0. The minimum atomic E-state index is -0.0288. The van der Waals surface area contributed by atoms with Crippen LogP contribution in [0.3, 0.4) is 0 Å². The van der Waals surface area contributed by atoms with Crippen LogP contribution in [0.15, 0.2) is 0 Å². The molecule has 0 saturated heterocycles. The summed E-state index contributed by atoms with van der Waals surface area (Å²) in [5.41, 5.74) is 0. The van der Waals surface area contributed by atoms with Gasteiger partial charge < -0.3 is 19.5 Å². The maximum absolute atomic E-state index is 12.7. The van der Waals surface area contributed by atoms with E-state index in [-0.39, 0.29) is 24.6 Å². The van der Waals surface area contributed by atoms with E-state index in [1.165, 1.54) is 122 Å². The van der Waals surface area contributed by atoms with E-state index in [4.69, 9.17) is 9.47 Å². The van der Waals surface area contributed by atoms with Crippen molar-refractivity contribution in [1.82, 2.24) is 4.90 Å². The molecule has 304 valence electrons. The average molecular weight is 724 g/mol. The molecule has 0 aliphatic heterocycles. The second-order valence-corrected chi connectivity index (χ2v) is 15.8. The van der Waals surface area contributed by atoms with Gasteiger partial charge in [-0.2, -0.15) is 0 Å². The average Bonchev–Trinajstić information content (AvgIpc) is 3.12. The molecule has 0 fully saturated rings. The Balaban J connectivity index is 4.02. The molecule has 0 aromatic carbocycles. The highest BCUT2D eigenvalue weighted by molar-refractivity contribution is 5.69. The summed E-state index contributed by atoms with van der Waals surface area (Å²) in [5.74, 6) is 0.397. The molecule has 6 nitrogen and oxygen atoms in total. The topological polar surface area (TPSA) is 76.1 Å². The first-order valence-electron chi connectivity index (χ1n) is 22.6. The first kappa shape index (κ1) is 49.9. The van der Waals surface area contributed by atoms with Gasteiger partial charge in [0.05, 0.1) is 13.2 Å². The van der Waals surface area contributed by atoms with Crippen molar-refractivity contribution in [2.45, 2.75) is 239 Å². The number of ether oxygens (including phenoxy) is 2. The van der Waals surface area contributed by atoms with Crippen molar-refractivity contribution < 1.29 is 24.2 Å². The molecule has 0 amide bonds. The molecule has 0 aliphatic carbocycles. The summed E-state index contributed by atoms with van der Waals surface area (Å²) in [4.78, 5) is 27.2. The number of esters is 2. The minimum Gasteiger partial charge on any atom is -0.465 e. The number of unbranched alkanes of at least 4 members (excludes halogenated alkanes) is 22. The standard InChI is InChI=1S/C45H89NO5/c1-5-8-11-14-17-21-28-35-44(48)50-41-42(4)32-25-24-31-38-46(39-40-47)37-30-23-18-22-29-36-45(49)51-43(33-26-19-15-12-9-6-2)34-27-20-16-13-10-7-3/h42-43,47H,5-41H2,1-4H3. The molecular formula is C45H89NO5. The summed E-state index contributed by atoms with van der Waals surface area (Å²) in [6.45, 7) is 12.5. The third kappa shape index (κ3) is 37.0. The Kier molecular flexibility index (Phi) is 39.2. The van der Waals surface area contributed by atoms with Crippen LogP contribution in [-0.2, 0) is 19.1 Å². The molecule has 1 unspecified atom stereocenters. The summed E-state index contributed by atoms with van der Waals surface area (Å²) in [5, 5.41) is 9.57. The van der Waals surface area contributed by atoms with Gasteiger partial charge in [0.2, 0.25) is 0 Å². The first-order valence-corrected chi connectivity index (χ1v) is 22.6. The van der Waals surface area contributed by atoms with E-state index in [9.17, 15) is 14.7 Å². The van der Waals surface area contributed by atoms with E-state index in [0.29, 0.717) is 25.4 Å². The van der Waals surface area contributed by atoms with Gasteiger partial charge in [-0.1, -0.05) is 163 Å². The summed E-state index contributed by atoms with van der Waals surface area (Å²) in [6.07, 6.45) is 37.3. The Hall–Kier alpha value is -1.14. The monoisotopic (exact) mass is 724 g/mol. The quantitative estimate of drug-likeness (QED) is 0.0500. The summed E-state index contributed by atoms with van der Waals surface area (Å²) in [6, 6.07) is 0. The van der Waals surface area contributed by atoms with E-state index >= 15 is 0 Å². The number of carbonyl (C=O) groups is 2. The molecule has 0 aliphatic rings. The molecular weight excluding hydrogens is 634 g/mol. The van der Waals surface area contributed by atoms with Crippen LogP contribution in [0.2, 0.25) is 0 Å². The molecule has 0 heterocycles. The Labute approximate surface area is 318 Å². The summed E-state index contributed by atoms with van der Waals surface area (Å²) >= 11 is 0. The van der Waals surface area contributed by atoms with Crippen molar-refractivity contribution in [2.24, 2.45) is 5.92 Å². The zero-order chi connectivity index (χ0) is 37.5. The van der Waals surface area contributed by atoms with Gasteiger partial charge in [-0.05, 0) is 76.8 Å². The molecule has 1 N–H and O–H groups in total. The number of carbonyl (C=O) groups excluding carboxylic acids is 2. The number of aliphatic hydroxyl groups excluding tert-OH is 1. The van der Waals surface area contributed by atoms with Crippen molar-refractivity contribution in [3.63, 3.8) is 0 Å². The van der Waals surface area contributed by atoms with Crippen LogP contribution in [0.1, 0.15) is 233 Å². The molecule has 0 radical (unpaired) electrons. The van der Waals surface area contributed by atoms with Crippen LogP contribution in [-0.4, -0.2) is 60.9 Å². The molecule has 0 rings (SSSR count). The highest BCUT2D eigenvalue weighted by Gasteiger charge is 2.14. The number of hydrogen-bond acceptors (Lipinski definition) is 6. The lowest BCUT2D eigenvalue weighted by Gasteiger charge is -2.21. The van der Waals surface area contributed by atoms with Gasteiger partial charge in [-0.15, -0.1) is 0 Å². The molecule has 51 heavy (non-hydrogen) atoms. The van der Waals surface area contributed by atoms with Gasteiger partial charge in [0, 0.05) is 19.4 Å². The van der Waals surface area contributed by atoms with Crippen LogP contribution in [0.4, 0.5) is 0 Å².